The second-order valence-electron chi connectivity index (χ2n) is 14.3. The van der Waals surface area contributed by atoms with Crippen LogP contribution in [0.5, 0.6) is 0 Å². The number of piperazine rings is 1. The number of hydrogen-bond donors (Lipinski definition) is 1. The largest absolute Gasteiger partial charge is 0.444 e. The lowest BCUT2D eigenvalue weighted by molar-refractivity contribution is 0.0374. The summed E-state index contributed by atoms with van der Waals surface area (Å²) in [5.74, 6) is 0.178. The van der Waals surface area contributed by atoms with Crippen molar-refractivity contribution in [2.45, 2.75) is 79.1 Å². The fraction of sp³-hybridized carbons (Fsp3) is 0.529. The minimum atomic E-state index is -0.699. The van der Waals surface area contributed by atoms with Crippen molar-refractivity contribution in [1.29, 1.82) is 0 Å². The monoisotopic (exact) mass is 636 g/mol. The van der Waals surface area contributed by atoms with Crippen LogP contribution in [0.2, 0.25) is 0 Å². The number of carbonyl (C=O) groups is 3. The van der Waals surface area contributed by atoms with Crippen LogP contribution in [0, 0.1) is 0 Å². The average Bonchev–Trinajstić information content (AvgIpc) is 3.35. The fourth-order valence-electron chi connectivity index (χ4n) is 4.90. The lowest BCUT2D eigenvalue weighted by Crippen LogP contribution is -2.46. The molecule has 2 aliphatic rings. The fourth-order valence-corrected chi connectivity index (χ4v) is 4.90. The zero-order valence-corrected chi connectivity index (χ0v) is 28.5. The summed E-state index contributed by atoms with van der Waals surface area (Å²) in [6, 6.07) is 15.5. The Morgan fingerprint density at radius 1 is 0.587 bits per heavy atom. The number of guanidine groups is 1. The van der Waals surface area contributed by atoms with Gasteiger partial charge in [-0.25, -0.2) is 29.2 Å². The van der Waals surface area contributed by atoms with Crippen molar-refractivity contribution < 1.29 is 28.6 Å². The minimum absolute atomic E-state index is 0.178. The van der Waals surface area contributed by atoms with E-state index in [-0.39, 0.29) is 19.0 Å². The summed E-state index contributed by atoms with van der Waals surface area (Å²) in [5, 5.41) is 2.77. The first kappa shape index (κ1) is 34.4. The third-order valence-electron chi connectivity index (χ3n) is 6.86. The lowest BCUT2D eigenvalue weighted by atomic mass is 10.2. The molecular weight excluding hydrogens is 588 g/mol. The zero-order valence-electron chi connectivity index (χ0n) is 28.5. The van der Waals surface area contributed by atoms with E-state index in [2.05, 4.69) is 15.1 Å². The summed E-state index contributed by atoms with van der Waals surface area (Å²) in [5.41, 5.74) is 1.47. The lowest BCUT2D eigenvalue weighted by Gasteiger charge is -2.37. The highest BCUT2D eigenvalue weighted by molar-refractivity contribution is 6.04. The Morgan fingerprint density at radius 2 is 0.978 bits per heavy atom. The number of amides is 3. The van der Waals surface area contributed by atoms with Crippen molar-refractivity contribution in [3.8, 4) is 0 Å². The number of rotatable bonds is 4. The van der Waals surface area contributed by atoms with Crippen molar-refractivity contribution in [2.75, 3.05) is 54.4 Å². The molecule has 0 aliphatic carbocycles. The van der Waals surface area contributed by atoms with Crippen LogP contribution in [0.1, 0.15) is 62.3 Å². The van der Waals surface area contributed by atoms with Crippen molar-refractivity contribution >= 4 is 47.0 Å². The van der Waals surface area contributed by atoms with Crippen molar-refractivity contribution in [2.24, 2.45) is 4.99 Å². The Kier molecular flexibility index (Phi) is 10.1. The standard InChI is InChI=1S/C34H48N6O6/c1-32(2,3)44-29(41)36-25-12-16-27(17-13-25)38-20-18-37(19-21-38)26-14-10-24(11-15-26)35-28-39(30(42)45-33(4,5)6)22-23-40(28)31(43)46-34(7,8)9/h10-17H,18-23H2,1-9H3,(H,36,41). The molecule has 0 atom stereocenters. The Morgan fingerprint density at radius 3 is 1.37 bits per heavy atom. The third-order valence-corrected chi connectivity index (χ3v) is 6.86. The van der Waals surface area contributed by atoms with Gasteiger partial charge in [-0.1, -0.05) is 0 Å². The van der Waals surface area contributed by atoms with Gasteiger partial charge in [0, 0.05) is 43.2 Å². The van der Waals surface area contributed by atoms with Crippen molar-refractivity contribution in [1.82, 2.24) is 9.80 Å². The maximum Gasteiger partial charge on any atom is 0.417 e. The molecule has 0 spiro atoms. The Hall–Kier alpha value is -4.48. The molecule has 3 amide bonds. The molecule has 12 heteroatoms. The summed E-state index contributed by atoms with van der Waals surface area (Å²) < 4.78 is 16.5. The molecule has 0 saturated carbocycles. The number of anilines is 3. The normalized spacial score (nSPS) is 15.9. The van der Waals surface area contributed by atoms with Gasteiger partial charge in [0.25, 0.3) is 0 Å². The highest BCUT2D eigenvalue weighted by Gasteiger charge is 2.39. The Labute approximate surface area is 272 Å². The minimum Gasteiger partial charge on any atom is -0.444 e. The van der Waals surface area contributed by atoms with Crippen LogP contribution in [0.15, 0.2) is 53.5 Å². The molecule has 4 rings (SSSR count). The van der Waals surface area contributed by atoms with E-state index in [9.17, 15) is 14.4 Å². The number of benzene rings is 2. The number of aliphatic imine (C=N–C) groups is 1. The van der Waals surface area contributed by atoms with Crippen LogP contribution in [0.3, 0.4) is 0 Å². The van der Waals surface area contributed by atoms with Crippen LogP contribution in [-0.4, -0.2) is 90.1 Å². The van der Waals surface area contributed by atoms with E-state index >= 15 is 0 Å². The van der Waals surface area contributed by atoms with Crippen LogP contribution < -0.4 is 15.1 Å². The van der Waals surface area contributed by atoms with Gasteiger partial charge in [-0.2, -0.15) is 0 Å². The summed E-state index contributed by atoms with van der Waals surface area (Å²) in [6.45, 7) is 20.1. The predicted molar refractivity (Wildman–Crippen MR) is 180 cm³/mol. The molecule has 12 nitrogen and oxygen atoms in total. The predicted octanol–water partition coefficient (Wildman–Crippen LogP) is 6.84. The first-order valence-electron chi connectivity index (χ1n) is 15.7. The molecule has 2 fully saturated rings. The van der Waals surface area contributed by atoms with Gasteiger partial charge in [0.1, 0.15) is 16.8 Å². The third kappa shape index (κ3) is 9.76. The Balaban J connectivity index is 1.41. The number of hydrogen-bond acceptors (Lipinski definition) is 9. The molecule has 2 aliphatic heterocycles. The van der Waals surface area contributed by atoms with Gasteiger partial charge < -0.3 is 24.0 Å². The van der Waals surface area contributed by atoms with Crippen LogP contribution >= 0.6 is 0 Å². The second kappa shape index (κ2) is 13.5. The molecule has 0 aromatic heterocycles. The first-order chi connectivity index (χ1) is 21.4. The van der Waals surface area contributed by atoms with E-state index in [0.29, 0.717) is 11.4 Å². The number of carbonyl (C=O) groups excluding carboxylic acids is 3. The van der Waals surface area contributed by atoms with Gasteiger partial charge in [-0.05, 0) is 111 Å². The topological polar surface area (TPSA) is 116 Å². The molecular formula is C34H48N6O6. The molecule has 46 heavy (non-hydrogen) atoms. The first-order valence-corrected chi connectivity index (χ1v) is 15.7. The molecule has 2 aromatic rings. The summed E-state index contributed by atoms with van der Waals surface area (Å²) in [6.07, 6.45) is -1.61. The van der Waals surface area contributed by atoms with Crippen LogP contribution in [-0.2, 0) is 14.2 Å². The van der Waals surface area contributed by atoms with E-state index in [1.807, 2.05) is 69.3 Å². The maximum absolute atomic E-state index is 13.0. The molecule has 250 valence electrons. The number of ether oxygens (including phenoxy) is 3. The second-order valence-corrected chi connectivity index (χ2v) is 14.3. The zero-order chi connectivity index (χ0) is 33.9. The molecule has 0 unspecified atom stereocenters. The van der Waals surface area contributed by atoms with Gasteiger partial charge in [0.15, 0.2) is 0 Å². The van der Waals surface area contributed by atoms with Gasteiger partial charge in [0.05, 0.1) is 18.8 Å². The van der Waals surface area contributed by atoms with E-state index < -0.39 is 35.1 Å². The smallest absolute Gasteiger partial charge is 0.417 e. The van der Waals surface area contributed by atoms with Crippen LogP contribution in [0.4, 0.5) is 37.1 Å². The SMILES string of the molecule is CC(C)(C)OC(=O)Nc1ccc(N2CCN(c3ccc(N=C4N(C(=O)OC(C)(C)C)CCN4C(=O)OC(C)(C)C)cc3)CC2)cc1. The van der Waals surface area contributed by atoms with E-state index in [1.165, 1.54) is 9.80 Å². The maximum atomic E-state index is 13.0. The van der Waals surface area contributed by atoms with Gasteiger partial charge in [-0.15, -0.1) is 0 Å². The molecule has 0 radical (unpaired) electrons. The highest BCUT2D eigenvalue weighted by atomic mass is 16.6. The average molecular weight is 637 g/mol. The number of nitrogens with one attached hydrogen (secondary N) is 1. The molecule has 1 N–H and O–H groups in total. The summed E-state index contributed by atoms with van der Waals surface area (Å²) >= 11 is 0. The quantitative estimate of drug-likeness (QED) is 0.363. The Bertz CT molecular complexity index is 1370. The van der Waals surface area contributed by atoms with E-state index in [0.717, 1.165) is 37.6 Å². The summed E-state index contributed by atoms with van der Waals surface area (Å²) in [4.78, 5) is 50.2. The molecule has 2 heterocycles. The van der Waals surface area contributed by atoms with Crippen molar-refractivity contribution in [3.05, 3.63) is 48.5 Å². The van der Waals surface area contributed by atoms with Gasteiger partial charge >= 0.3 is 18.3 Å². The van der Waals surface area contributed by atoms with Crippen LogP contribution in [0.25, 0.3) is 0 Å². The van der Waals surface area contributed by atoms with Gasteiger partial charge in [-0.3, -0.25) is 5.32 Å². The molecule has 2 saturated heterocycles. The van der Waals surface area contributed by atoms with Crippen molar-refractivity contribution in [3.63, 3.8) is 0 Å². The van der Waals surface area contributed by atoms with Gasteiger partial charge in [0.2, 0.25) is 5.96 Å². The van der Waals surface area contributed by atoms with E-state index in [4.69, 9.17) is 19.2 Å². The van der Waals surface area contributed by atoms with E-state index in [1.54, 1.807) is 41.5 Å². The summed E-state index contributed by atoms with van der Waals surface area (Å²) in [7, 11) is 0. The molecule has 0 bridgehead atoms. The molecule has 2 aromatic carbocycles. The number of nitrogens with zero attached hydrogens (tertiary/aromatic N) is 5. The highest BCUT2D eigenvalue weighted by Crippen LogP contribution is 2.26.